The Kier molecular flexibility index (Phi) is 6.34. The summed E-state index contributed by atoms with van der Waals surface area (Å²) in [6.45, 7) is 3.77. The highest BCUT2D eigenvalue weighted by atomic mass is 16.6. The van der Waals surface area contributed by atoms with Gasteiger partial charge in [0.15, 0.2) is 5.76 Å². The van der Waals surface area contributed by atoms with Crippen molar-refractivity contribution in [3.05, 3.63) is 22.1 Å². The highest BCUT2D eigenvalue weighted by Crippen LogP contribution is 2.03. The second kappa shape index (κ2) is 8.03. The van der Waals surface area contributed by atoms with Crippen LogP contribution in [0.5, 0.6) is 0 Å². The largest absolute Gasteiger partial charge is 0.519 e. The van der Waals surface area contributed by atoms with Gasteiger partial charge >= 0.3 is 11.9 Å². The van der Waals surface area contributed by atoms with Crippen LogP contribution in [0.1, 0.15) is 31.3 Å². The Bertz CT molecular complexity index is 504. The number of rotatable bonds is 7. The summed E-state index contributed by atoms with van der Waals surface area (Å²) in [5.74, 6) is -0.344. The van der Waals surface area contributed by atoms with Gasteiger partial charge in [-0.3, -0.25) is 4.79 Å². The fourth-order valence-corrected chi connectivity index (χ4v) is 1.39. The highest BCUT2D eigenvalue weighted by molar-refractivity contribution is 5.75. The molecule has 0 saturated heterocycles. The number of alkyl carbamates (subject to hydrolysis) is 1. The maximum Gasteiger partial charge on any atom is 0.519 e. The van der Waals surface area contributed by atoms with Gasteiger partial charge in [-0.25, -0.2) is 9.59 Å². The molecule has 0 radical (unpaired) electrons. The van der Waals surface area contributed by atoms with Crippen LogP contribution in [0.2, 0.25) is 0 Å². The summed E-state index contributed by atoms with van der Waals surface area (Å²) >= 11 is 0. The average molecular weight is 286 g/mol. The maximum atomic E-state index is 11.3. The molecule has 0 aliphatic carbocycles. The Balaban J connectivity index is 2.16. The third-order valence-electron chi connectivity index (χ3n) is 2.36. The molecule has 1 rings (SSSR count). The van der Waals surface area contributed by atoms with Crippen LogP contribution in [-0.4, -0.2) is 25.2 Å². The zero-order valence-corrected chi connectivity index (χ0v) is 11.5. The molecule has 112 valence electrons. The van der Waals surface area contributed by atoms with Gasteiger partial charge in [0.25, 0.3) is 0 Å². The van der Waals surface area contributed by atoms with E-state index in [-0.39, 0.29) is 31.4 Å². The van der Waals surface area contributed by atoms with Crippen molar-refractivity contribution >= 4 is 12.0 Å². The summed E-state index contributed by atoms with van der Waals surface area (Å²) in [4.78, 5) is 33.2. The van der Waals surface area contributed by atoms with E-state index in [4.69, 9.17) is 9.15 Å². The van der Waals surface area contributed by atoms with Gasteiger partial charge in [0.05, 0.1) is 13.1 Å². The lowest BCUT2D eigenvalue weighted by Crippen LogP contribution is -2.30. The number of carbonyl (C=O) groups excluding carboxylic acids is 2. The van der Waals surface area contributed by atoms with Crippen LogP contribution in [0.4, 0.5) is 4.79 Å². The first-order valence-corrected chi connectivity index (χ1v) is 6.29. The van der Waals surface area contributed by atoms with Gasteiger partial charge in [0.2, 0.25) is 5.91 Å². The van der Waals surface area contributed by atoms with Crippen molar-refractivity contribution in [2.45, 2.75) is 33.2 Å². The summed E-state index contributed by atoms with van der Waals surface area (Å²) in [5, 5.41) is 5.01. The van der Waals surface area contributed by atoms with Gasteiger partial charge in [-0.15, -0.1) is 0 Å². The summed E-state index contributed by atoms with van der Waals surface area (Å²) in [5.41, 5.74) is 0. The number of carbonyl (C=O) groups is 2. The van der Waals surface area contributed by atoms with Crippen molar-refractivity contribution in [2.24, 2.45) is 0 Å². The fourth-order valence-electron chi connectivity index (χ4n) is 1.39. The molecule has 20 heavy (non-hydrogen) atoms. The molecule has 1 heterocycles. The highest BCUT2D eigenvalue weighted by Gasteiger charge is 2.10. The van der Waals surface area contributed by atoms with E-state index in [9.17, 15) is 14.4 Å². The zero-order valence-electron chi connectivity index (χ0n) is 11.5. The standard InChI is InChI=1S/C12H18N2O6/c1-3-4-10(15)13-5-6-18-11(16)14-7-9-8(2)19-12(17)20-9/h3-7H2,1-2H3,(H,13,15)(H,14,16). The Morgan fingerprint density at radius 3 is 2.60 bits per heavy atom. The summed E-state index contributed by atoms with van der Waals surface area (Å²) in [6, 6.07) is 0. The van der Waals surface area contributed by atoms with Gasteiger partial charge in [-0.2, -0.15) is 0 Å². The molecule has 1 aromatic heterocycles. The van der Waals surface area contributed by atoms with E-state index >= 15 is 0 Å². The topological polar surface area (TPSA) is 111 Å². The third kappa shape index (κ3) is 5.59. The molecule has 0 spiro atoms. The molecule has 8 nitrogen and oxygen atoms in total. The molecule has 0 unspecified atom stereocenters. The van der Waals surface area contributed by atoms with E-state index < -0.39 is 11.9 Å². The lowest BCUT2D eigenvalue weighted by molar-refractivity contribution is -0.121. The molecule has 0 fully saturated rings. The molecule has 8 heteroatoms. The van der Waals surface area contributed by atoms with E-state index in [1.165, 1.54) is 0 Å². The smallest absolute Gasteiger partial charge is 0.448 e. The molecular formula is C12H18N2O6. The van der Waals surface area contributed by atoms with Crippen LogP contribution in [0, 0.1) is 6.92 Å². The molecule has 0 aliphatic rings. The van der Waals surface area contributed by atoms with Crippen molar-refractivity contribution in [1.29, 1.82) is 0 Å². The van der Waals surface area contributed by atoms with E-state index in [0.29, 0.717) is 12.2 Å². The molecule has 0 aliphatic heterocycles. The average Bonchev–Trinajstić information content (AvgIpc) is 2.71. The van der Waals surface area contributed by atoms with Crippen LogP contribution in [0.3, 0.4) is 0 Å². The monoisotopic (exact) mass is 286 g/mol. The summed E-state index contributed by atoms with van der Waals surface area (Å²) < 4.78 is 14.2. The summed E-state index contributed by atoms with van der Waals surface area (Å²) in [7, 11) is 0. The molecule has 0 atom stereocenters. The predicted octanol–water partition coefficient (Wildman–Crippen LogP) is 0.684. The number of aryl methyl sites for hydroxylation is 1. The SMILES string of the molecule is CCCC(=O)NCCOC(=O)NCc1oc(=O)oc1C. The maximum absolute atomic E-state index is 11.3. The normalized spacial score (nSPS) is 10.1. The van der Waals surface area contributed by atoms with Crippen LogP contribution >= 0.6 is 0 Å². The predicted molar refractivity (Wildman–Crippen MR) is 68.1 cm³/mol. The van der Waals surface area contributed by atoms with E-state index in [1.54, 1.807) is 6.92 Å². The van der Waals surface area contributed by atoms with Crippen molar-refractivity contribution in [2.75, 3.05) is 13.2 Å². The number of ether oxygens (including phenoxy) is 1. The van der Waals surface area contributed by atoms with Crippen molar-refractivity contribution in [1.82, 2.24) is 10.6 Å². The lowest BCUT2D eigenvalue weighted by atomic mass is 10.3. The third-order valence-corrected chi connectivity index (χ3v) is 2.36. The Morgan fingerprint density at radius 2 is 2.00 bits per heavy atom. The molecule has 0 saturated carbocycles. The van der Waals surface area contributed by atoms with Gasteiger partial charge < -0.3 is 24.2 Å². The second-order valence-electron chi connectivity index (χ2n) is 4.02. The first-order chi connectivity index (χ1) is 9.52. The van der Waals surface area contributed by atoms with E-state index in [2.05, 4.69) is 15.1 Å². The minimum absolute atomic E-state index is 0.00139. The molecule has 2 amide bonds. The Labute approximate surface area is 115 Å². The van der Waals surface area contributed by atoms with Gasteiger partial charge in [0.1, 0.15) is 12.4 Å². The fraction of sp³-hybridized carbons (Fsp3) is 0.583. The molecule has 0 bridgehead atoms. The first-order valence-electron chi connectivity index (χ1n) is 6.29. The number of hydrogen-bond donors (Lipinski definition) is 2. The van der Waals surface area contributed by atoms with Gasteiger partial charge in [0, 0.05) is 6.42 Å². The molecule has 0 aromatic carbocycles. The van der Waals surface area contributed by atoms with Crippen LogP contribution < -0.4 is 16.5 Å². The van der Waals surface area contributed by atoms with Crippen molar-refractivity contribution in [3.8, 4) is 0 Å². The minimum atomic E-state index is -0.814. The quantitative estimate of drug-likeness (QED) is 0.713. The zero-order chi connectivity index (χ0) is 15.0. The van der Waals surface area contributed by atoms with Crippen molar-refractivity contribution in [3.63, 3.8) is 0 Å². The minimum Gasteiger partial charge on any atom is -0.448 e. The summed E-state index contributed by atoms with van der Waals surface area (Å²) in [6.07, 6.45) is 0.547. The first kappa shape index (κ1) is 15.8. The van der Waals surface area contributed by atoms with Crippen LogP contribution in [-0.2, 0) is 16.1 Å². The van der Waals surface area contributed by atoms with Crippen LogP contribution in [0.15, 0.2) is 13.6 Å². The van der Waals surface area contributed by atoms with Crippen LogP contribution in [0.25, 0.3) is 0 Å². The lowest BCUT2D eigenvalue weighted by Gasteiger charge is -2.07. The van der Waals surface area contributed by atoms with Crippen molar-refractivity contribution < 1.29 is 23.2 Å². The molecular weight excluding hydrogens is 268 g/mol. The number of hydrogen-bond acceptors (Lipinski definition) is 6. The Morgan fingerprint density at radius 1 is 1.25 bits per heavy atom. The molecule has 2 N–H and O–H groups in total. The van der Waals surface area contributed by atoms with E-state index in [1.807, 2.05) is 6.92 Å². The molecule has 1 aromatic rings. The van der Waals surface area contributed by atoms with E-state index in [0.717, 1.165) is 6.42 Å². The van der Waals surface area contributed by atoms with Gasteiger partial charge in [-0.1, -0.05) is 6.92 Å². The van der Waals surface area contributed by atoms with Gasteiger partial charge in [-0.05, 0) is 13.3 Å². The number of nitrogens with one attached hydrogen (secondary N) is 2. The Hall–Kier alpha value is -2.25. The number of amides is 2. The second-order valence-corrected chi connectivity index (χ2v) is 4.02.